The van der Waals surface area contributed by atoms with Gasteiger partial charge in [0.15, 0.2) is 0 Å². The maximum atomic E-state index is 5.55. The Morgan fingerprint density at radius 1 is 0.279 bits per heavy atom. The first-order valence-corrected chi connectivity index (χ1v) is 42.8. The van der Waals surface area contributed by atoms with Gasteiger partial charge in [-0.1, -0.05) is 251 Å². The van der Waals surface area contributed by atoms with Gasteiger partial charge >= 0.3 is 42.1 Å². The van der Waals surface area contributed by atoms with Crippen molar-refractivity contribution in [2.45, 2.75) is 344 Å². The van der Waals surface area contributed by atoms with Gasteiger partial charge in [-0.2, -0.15) is 69.8 Å². The normalized spacial score (nSPS) is 20.9. The maximum absolute atomic E-state index is 5.55. The largest absolute Gasteiger partial charge is 2.00 e. The van der Waals surface area contributed by atoms with E-state index in [-0.39, 0.29) is 90.1 Å². The van der Waals surface area contributed by atoms with E-state index in [1.54, 1.807) is 306 Å². The first-order valence-electron chi connectivity index (χ1n) is 35.4. The van der Waals surface area contributed by atoms with Crippen molar-refractivity contribution in [3.8, 4) is 0 Å². The van der Waals surface area contributed by atoms with Gasteiger partial charge in [0.25, 0.3) is 0 Å². The Morgan fingerprint density at radius 2 is 0.419 bits per heavy atom. The SMILES string of the molecule is C1CCC(P(CCP(C2CCCCC2)C2CCCCC2)C2CCCCC2)CC1.C1CCC(P(CCP(C2CCCCC2)C2CCCCC2)C2CCCCC2)CC1.Cc1[c-]c(C)cc(C)c1.Cc1[c-]c(C)cc(C)c1.Clc1ccc(Cl)cc1.[I-].[I-].[Pt+2].[Pt+2]. The van der Waals surface area contributed by atoms with Crippen LogP contribution in [-0.2, 0) is 42.1 Å². The molecule has 0 atom stereocenters. The number of benzene rings is 3. The fourth-order valence-corrected chi connectivity index (χ4v) is 34.5. The van der Waals surface area contributed by atoms with E-state index in [4.69, 9.17) is 23.2 Å². The number of hydrogen-bond donors (Lipinski definition) is 0. The zero-order chi connectivity index (χ0) is 57.7. The first-order chi connectivity index (χ1) is 40.0. The van der Waals surface area contributed by atoms with Gasteiger partial charge in [-0.25, -0.2) is 0 Å². The van der Waals surface area contributed by atoms with Crippen LogP contribution in [0.15, 0.2) is 48.5 Å². The van der Waals surface area contributed by atoms with Gasteiger partial charge in [0.1, 0.15) is 0 Å². The van der Waals surface area contributed by atoms with E-state index < -0.39 is 0 Å². The Bertz CT molecular complexity index is 1730. The van der Waals surface area contributed by atoms with E-state index in [9.17, 15) is 0 Å². The van der Waals surface area contributed by atoms with Crippen molar-refractivity contribution in [1.82, 2.24) is 0 Å². The molecule has 11 rings (SSSR count). The predicted molar refractivity (Wildman–Crippen MR) is 378 cm³/mol. The summed E-state index contributed by atoms with van der Waals surface area (Å²) in [6.07, 6.45) is 70.1. The Kier molecular flexibility index (Phi) is 46.8. The van der Waals surface area contributed by atoms with Crippen LogP contribution < -0.4 is 48.0 Å². The smallest absolute Gasteiger partial charge is 1.00 e. The fraction of sp³-hybridized carbons (Fsp3) is 0.763. The molecule has 0 saturated heterocycles. The van der Waals surface area contributed by atoms with Gasteiger partial charge in [0.2, 0.25) is 0 Å². The van der Waals surface area contributed by atoms with E-state index in [2.05, 4.69) is 77.9 Å². The second-order valence-corrected chi connectivity index (χ2v) is 40.4. The van der Waals surface area contributed by atoms with Crippen LogP contribution in [0.3, 0.4) is 0 Å². The molecule has 8 saturated carbocycles. The van der Waals surface area contributed by atoms with Gasteiger partial charge in [-0.05, 0) is 197 Å². The maximum Gasteiger partial charge on any atom is 2.00 e. The number of aryl methyl sites for hydroxylation is 6. The average molecular weight is 1870 g/mol. The molecule has 3 aromatic rings. The Balaban J connectivity index is 0.000000309. The predicted octanol–water partition coefficient (Wildman–Crippen LogP) is 20.4. The van der Waals surface area contributed by atoms with E-state index >= 15 is 0 Å². The van der Waals surface area contributed by atoms with Crippen molar-refractivity contribution in [3.05, 3.63) is 104 Å². The third-order valence-electron chi connectivity index (χ3n) is 21.0. The molecule has 86 heavy (non-hydrogen) atoms. The second-order valence-electron chi connectivity index (χ2n) is 27.8. The van der Waals surface area contributed by atoms with E-state index in [1.807, 2.05) is 0 Å². The quantitative estimate of drug-likeness (QED) is 0.0857. The summed E-state index contributed by atoms with van der Waals surface area (Å²) in [6, 6.07) is 22.0. The summed E-state index contributed by atoms with van der Waals surface area (Å²) in [6.45, 7) is 12.5. The monoisotopic (exact) mass is 1870 g/mol. The van der Waals surface area contributed by atoms with Crippen molar-refractivity contribution in [2.24, 2.45) is 0 Å². The van der Waals surface area contributed by atoms with Gasteiger partial charge in [0, 0.05) is 10.0 Å². The van der Waals surface area contributed by atoms with Gasteiger partial charge in [-0.15, -0.1) is 0 Å². The fourth-order valence-electron chi connectivity index (χ4n) is 17.1. The minimum Gasteiger partial charge on any atom is -1.00 e. The van der Waals surface area contributed by atoms with Gasteiger partial charge < -0.3 is 48.0 Å². The zero-order valence-corrected chi connectivity index (χ0v) is 69.2. The summed E-state index contributed by atoms with van der Waals surface area (Å²) in [7, 11) is 1.38. The molecule has 0 spiro atoms. The van der Waals surface area contributed by atoms with E-state index in [1.165, 1.54) is 78.7 Å². The molecule has 0 heterocycles. The topological polar surface area (TPSA) is 0 Å². The summed E-state index contributed by atoms with van der Waals surface area (Å²) in [5.41, 5.74) is 17.0. The number of hydrogen-bond acceptors (Lipinski definition) is 0. The van der Waals surface area contributed by atoms with Crippen LogP contribution in [0.1, 0.15) is 290 Å². The van der Waals surface area contributed by atoms with Crippen LogP contribution in [0, 0.1) is 53.7 Å². The third kappa shape index (κ3) is 31.3. The Morgan fingerprint density at radius 3 is 0.547 bits per heavy atom. The molecule has 8 aliphatic carbocycles. The van der Waals surface area contributed by atoms with Crippen LogP contribution in [0.4, 0.5) is 0 Å². The van der Waals surface area contributed by atoms with Crippen molar-refractivity contribution >= 4 is 54.9 Å². The Labute approximate surface area is 610 Å². The standard InChI is InChI=1S/2C26H48P2.2C9H11.C6H4Cl2.2HI.2Pt/c2*1-5-13-23(14-6-1)27(24-15-7-2-8-16-24)21-22-28(25-17-9-3-10-18-25)26-19-11-4-12-20-26;2*1-7-4-8(2)6-9(3)5-7;7-5-1-2-6(8)4-3-5;;;;/h2*23-26H,1-22H2;2*4-5H,1-3H3;1-4H;2*1H;;/q;;2*-1;;;;2*+2/p-2. The Hall–Kier alpha value is 2.80. The summed E-state index contributed by atoms with van der Waals surface area (Å²) in [5.74, 6) is 0. The molecule has 3 aromatic carbocycles. The molecule has 0 aromatic heterocycles. The van der Waals surface area contributed by atoms with Crippen molar-refractivity contribution in [2.75, 3.05) is 24.6 Å². The third-order valence-corrected chi connectivity index (χ3v) is 36.8. The van der Waals surface area contributed by atoms with Crippen LogP contribution >= 0.6 is 54.9 Å². The summed E-state index contributed by atoms with van der Waals surface area (Å²) >= 11 is 11.1. The van der Waals surface area contributed by atoms with Crippen LogP contribution in [0.2, 0.25) is 10.0 Å². The van der Waals surface area contributed by atoms with E-state index in [0.29, 0.717) is 31.7 Å². The summed E-state index contributed by atoms with van der Waals surface area (Å²) in [4.78, 5) is 0. The molecular weight excluding hydrogens is 1750 g/mol. The second kappa shape index (κ2) is 48.5. The molecule has 0 N–H and O–H groups in total. The van der Waals surface area contributed by atoms with Crippen LogP contribution in [0.5, 0.6) is 0 Å². The minimum atomic E-state index is 0. The van der Waals surface area contributed by atoms with Crippen molar-refractivity contribution in [3.63, 3.8) is 0 Å². The molecule has 0 bridgehead atoms. The molecule has 8 aliphatic rings. The molecule has 494 valence electrons. The van der Waals surface area contributed by atoms with Crippen molar-refractivity contribution < 1.29 is 90.1 Å². The molecule has 0 unspecified atom stereocenters. The van der Waals surface area contributed by atoms with Crippen LogP contribution in [0.25, 0.3) is 0 Å². The average Bonchev–Trinajstić information content (AvgIpc) is 3.71. The van der Waals surface area contributed by atoms with Gasteiger partial charge in [0.05, 0.1) is 0 Å². The van der Waals surface area contributed by atoms with Crippen molar-refractivity contribution in [1.29, 1.82) is 0 Å². The van der Waals surface area contributed by atoms with Gasteiger partial charge in [-0.3, -0.25) is 0 Å². The molecule has 0 radical (unpaired) electrons. The minimum absolute atomic E-state index is 0. The zero-order valence-electron chi connectivity index (χ0n) is 55.3. The number of halogens is 4. The molecular formula is C76H122Cl2I2P4Pt2. The summed E-state index contributed by atoms with van der Waals surface area (Å²) in [5, 5.41) is 1.43. The van der Waals surface area contributed by atoms with E-state index in [0.717, 1.165) is 10.0 Å². The van der Waals surface area contributed by atoms with Crippen LogP contribution in [-0.4, -0.2) is 69.9 Å². The molecule has 8 fully saturated rings. The summed E-state index contributed by atoms with van der Waals surface area (Å²) < 4.78 is 0. The first kappa shape index (κ1) is 83.0. The number of rotatable bonds is 14. The molecule has 0 aliphatic heterocycles. The molecule has 0 nitrogen and oxygen atoms in total. The molecule has 0 amide bonds. The molecule has 10 heteroatoms.